The van der Waals surface area contributed by atoms with E-state index in [4.69, 9.17) is 4.74 Å². The standard InChI is InChI=1S/C16H24BrNO2/c1-11(2)8-13(19)10-18-15-4-3-7-20-16-9-12(17)5-6-14(15)16/h5-6,9,11,13,15,18-19H,3-4,7-8,10H2,1-2H3. The van der Waals surface area contributed by atoms with Crippen molar-refractivity contribution in [3.8, 4) is 5.75 Å². The molecule has 3 nitrogen and oxygen atoms in total. The van der Waals surface area contributed by atoms with Gasteiger partial charge in [0.2, 0.25) is 0 Å². The molecule has 0 bridgehead atoms. The van der Waals surface area contributed by atoms with Crippen molar-refractivity contribution in [3.63, 3.8) is 0 Å². The number of halogens is 1. The van der Waals surface area contributed by atoms with E-state index < -0.39 is 0 Å². The number of aliphatic hydroxyl groups excluding tert-OH is 1. The number of hydrogen-bond donors (Lipinski definition) is 2. The van der Waals surface area contributed by atoms with Crippen molar-refractivity contribution in [1.29, 1.82) is 0 Å². The summed E-state index contributed by atoms with van der Waals surface area (Å²) in [6, 6.07) is 6.45. The zero-order valence-corrected chi connectivity index (χ0v) is 13.8. The molecule has 0 fully saturated rings. The van der Waals surface area contributed by atoms with Crippen LogP contribution in [0, 0.1) is 5.92 Å². The van der Waals surface area contributed by atoms with Crippen molar-refractivity contribution >= 4 is 15.9 Å². The van der Waals surface area contributed by atoms with Gasteiger partial charge in [-0.05, 0) is 37.3 Å². The van der Waals surface area contributed by atoms with Crippen LogP contribution < -0.4 is 10.1 Å². The zero-order chi connectivity index (χ0) is 14.5. The van der Waals surface area contributed by atoms with Gasteiger partial charge >= 0.3 is 0 Å². The second-order valence-corrected chi connectivity index (χ2v) is 6.83. The molecule has 1 aromatic rings. The van der Waals surface area contributed by atoms with E-state index >= 15 is 0 Å². The van der Waals surface area contributed by atoms with Gasteiger partial charge in [-0.3, -0.25) is 0 Å². The van der Waals surface area contributed by atoms with Gasteiger partial charge in [0.15, 0.2) is 0 Å². The van der Waals surface area contributed by atoms with Gasteiger partial charge in [-0.2, -0.15) is 0 Å². The van der Waals surface area contributed by atoms with Gasteiger partial charge in [0.1, 0.15) is 5.75 Å². The summed E-state index contributed by atoms with van der Waals surface area (Å²) in [6.07, 6.45) is 2.63. The molecule has 4 heteroatoms. The molecule has 0 spiro atoms. The molecule has 0 amide bonds. The predicted octanol–water partition coefficient (Wildman–Crippen LogP) is 3.66. The molecule has 0 saturated carbocycles. The van der Waals surface area contributed by atoms with E-state index in [1.807, 2.05) is 12.1 Å². The lowest BCUT2D eigenvalue weighted by Gasteiger charge is -2.21. The van der Waals surface area contributed by atoms with Crippen molar-refractivity contribution in [2.24, 2.45) is 5.92 Å². The van der Waals surface area contributed by atoms with Crippen LogP contribution in [0.1, 0.15) is 44.7 Å². The summed E-state index contributed by atoms with van der Waals surface area (Å²) in [5.41, 5.74) is 1.20. The fraction of sp³-hybridized carbons (Fsp3) is 0.625. The largest absolute Gasteiger partial charge is 0.493 e. The van der Waals surface area contributed by atoms with Gasteiger partial charge in [-0.25, -0.2) is 0 Å². The molecule has 1 aliphatic heterocycles. The Bertz CT molecular complexity index is 436. The van der Waals surface area contributed by atoms with Gasteiger partial charge in [-0.1, -0.05) is 35.8 Å². The van der Waals surface area contributed by atoms with Gasteiger partial charge < -0.3 is 15.2 Å². The van der Waals surface area contributed by atoms with E-state index in [-0.39, 0.29) is 12.1 Å². The zero-order valence-electron chi connectivity index (χ0n) is 12.2. The highest BCUT2D eigenvalue weighted by Crippen LogP contribution is 2.33. The summed E-state index contributed by atoms with van der Waals surface area (Å²) in [5.74, 6) is 1.47. The van der Waals surface area contributed by atoms with Crippen molar-refractivity contribution in [2.75, 3.05) is 13.2 Å². The normalized spacial score (nSPS) is 20.1. The Morgan fingerprint density at radius 3 is 3.00 bits per heavy atom. The van der Waals surface area contributed by atoms with E-state index in [1.165, 1.54) is 5.56 Å². The van der Waals surface area contributed by atoms with Crippen LogP contribution in [-0.4, -0.2) is 24.4 Å². The second-order valence-electron chi connectivity index (χ2n) is 5.92. The molecule has 0 radical (unpaired) electrons. The third-order valence-electron chi connectivity index (χ3n) is 3.59. The summed E-state index contributed by atoms with van der Waals surface area (Å²) in [5, 5.41) is 13.5. The minimum absolute atomic E-state index is 0.266. The highest BCUT2D eigenvalue weighted by Gasteiger charge is 2.20. The van der Waals surface area contributed by atoms with Crippen molar-refractivity contribution in [1.82, 2.24) is 5.32 Å². The lowest BCUT2D eigenvalue weighted by atomic mass is 10.0. The van der Waals surface area contributed by atoms with Crippen LogP contribution >= 0.6 is 15.9 Å². The van der Waals surface area contributed by atoms with Crippen molar-refractivity contribution in [2.45, 2.75) is 45.3 Å². The number of rotatable bonds is 5. The molecule has 2 unspecified atom stereocenters. The quantitative estimate of drug-likeness (QED) is 0.858. The Morgan fingerprint density at radius 1 is 1.45 bits per heavy atom. The molecular formula is C16H24BrNO2. The van der Waals surface area contributed by atoms with E-state index in [2.05, 4.69) is 41.2 Å². The van der Waals surface area contributed by atoms with Crippen LogP contribution in [0.5, 0.6) is 5.75 Å². The molecule has 0 aromatic heterocycles. The number of hydrogen-bond acceptors (Lipinski definition) is 3. The molecule has 112 valence electrons. The van der Waals surface area contributed by atoms with Gasteiger partial charge in [0.25, 0.3) is 0 Å². The van der Waals surface area contributed by atoms with E-state index in [0.29, 0.717) is 12.5 Å². The van der Waals surface area contributed by atoms with Gasteiger partial charge in [0.05, 0.1) is 12.7 Å². The number of benzene rings is 1. The van der Waals surface area contributed by atoms with Crippen LogP contribution in [0.15, 0.2) is 22.7 Å². The fourth-order valence-corrected chi connectivity index (χ4v) is 3.00. The number of ether oxygens (including phenoxy) is 1. The first-order valence-corrected chi connectivity index (χ1v) is 8.19. The van der Waals surface area contributed by atoms with Crippen molar-refractivity contribution < 1.29 is 9.84 Å². The predicted molar refractivity (Wildman–Crippen MR) is 85.1 cm³/mol. The summed E-state index contributed by atoms with van der Waals surface area (Å²) in [7, 11) is 0. The number of fused-ring (bicyclic) bond motifs is 1. The molecule has 20 heavy (non-hydrogen) atoms. The molecule has 0 aliphatic carbocycles. The third-order valence-corrected chi connectivity index (χ3v) is 4.08. The second kappa shape index (κ2) is 7.43. The summed E-state index contributed by atoms with van der Waals surface area (Å²) >= 11 is 3.48. The van der Waals surface area contributed by atoms with E-state index in [0.717, 1.165) is 36.1 Å². The summed E-state index contributed by atoms with van der Waals surface area (Å²) in [6.45, 7) is 5.67. The smallest absolute Gasteiger partial charge is 0.125 e. The monoisotopic (exact) mass is 341 g/mol. The maximum atomic E-state index is 10.0. The summed E-state index contributed by atoms with van der Waals surface area (Å²) < 4.78 is 6.84. The number of aliphatic hydroxyl groups is 1. The lowest BCUT2D eigenvalue weighted by Crippen LogP contribution is -2.31. The first-order valence-electron chi connectivity index (χ1n) is 7.40. The first kappa shape index (κ1) is 15.8. The van der Waals surface area contributed by atoms with E-state index in [1.54, 1.807) is 0 Å². The maximum absolute atomic E-state index is 10.0. The topological polar surface area (TPSA) is 41.5 Å². The van der Waals surface area contributed by atoms with E-state index in [9.17, 15) is 5.11 Å². The Balaban J connectivity index is 2.01. The Hall–Kier alpha value is -0.580. The molecule has 0 saturated heterocycles. The fourth-order valence-electron chi connectivity index (χ4n) is 2.66. The molecule has 1 heterocycles. The minimum Gasteiger partial charge on any atom is -0.493 e. The maximum Gasteiger partial charge on any atom is 0.125 e. The van der Waals surface area contributed by atoms with Crippen LogP contribution in [0.2, 0.25) is 0 Å². The molecule has 1 aliphatic rings. The third kappa shape index (κ3) is 4.47. The SMILES string of the molecule is CC(C)CC(O)CNC1CCCOc2cc(Br)ccc21. The van der Waals surface area contributed by atoms with Gasteiger partial charge in [0, 0.05) is 22.6 Å². The molecule has 2 N–H and O–H groups in total. The Morgan fingerprint density at radius 2 is 2.25 bits per heavy atom. The molecule has 2 rings (SSSR count). The minimum atomic E-state index is -0.280. The molecule has 1 aromatic carbocycles. The summed E-state index contributed by atoms with van der Waals surface area (Å²) in [4.78, 5) is 0. The molecular weight excluding hydrogens is 318 g/mol. The lowest BCUT2D eigenvalue weighted by molar-refractivity contribution is 0.142. The highest BCUT2D eigenvalue weighted by molar-refractivity contribution is 9.10. The Kier molecular flexibility index (Phi) is 5.87. The van der Waals surface area contributed by atoms with Crippen molar-refractivity contribution in [3.05, 3.63) is 28.2 Å². The Labute approximate surface area is 129 Å². The van der Waals surface area contributed by atoms with Crippen LogP contribution in [-0.2, 0) is 0 Å². The first-order chi connectivity index (χ1) is 9.56. The number of nitrogens with one attached hydrogen (secondary N) is 1. The van der Waals surface area contributed by atoms with Crippen LogP contribution in [0.3, 0.4) is 0 Å². The highest BCUT2D eigenvalue weighted by atomic mass is 79.9. The molecule has 2 atom stereocenters. The van der Waals surface area contributed by atoms with Crippen LogP contribution in [0.4, 0.5) is 0 Å². The average molecular weight is 342 g/mol. The van der Waals surface area contributed by atoms with Gasteiger partial charge in [-0.15, -0.1) is 0 Å². The average Bonchev–Trinajstić information content (AvgIpc) is 2.57. The van der Waals surface area contributed by atoms with Crippen LogP contribution in [0.25, 0.3) is 0 Å².